The van der Waals surface area contributed by atoms with Crippen LogP contribution in [0.5, 0.6) is 0 Å². The van der Waals surface area contributed by atoms with E-state index in [4.69, 9.17) is 0 Å². The van der Waals surface area contributed by atoms with E-state index in [-0.39, 0.29) is 5.56 Å². The number of thiazole rings is 1. The average Bonchev–Trinajstić information content (AvgIpc) is 2.91. The fourth-order valence-electron chi connectivity index (χ4n) is 1.99. The minimum absolute atomic E-state index is 0.275. The normalized spacial score (nSPS) is 10.8. The molecule has 1 N–H and O–H groups in total. The molecule has 2 aromatic heterocycles. The van der Waals surface area contributed by atoms with E-state index in [1.54, 1.807) is 17.8 Å². The van der Waals surface area contributed by atoms with E-state index in [0.29, 0.717) is 16.6 Å². The molecule has 5 heteroatoms. The van der Waals surface area contributed by atoms with Crippen LogP contribution in [0.2, 0.25) is 0 Å². The van der Waals surface area contributed by atoms with Gasteiger partial charge in [-0.15, -0.1) is 11.3 Å². The number of aromatic carboxylic acids is 1. The van der Waals surface area contributed by atoms with Gasteiger partial charge in [0, 0.05) is 11.6 Å². The topological polar surface area (TPSA) is 63.1 Å². The van der Waals surface area contributed by atoms with Crippen molar-refractivity contribution in [2.75, 3.05) is 0 Å². The van der Waals surface area contributed by atoms with Crippen molar-refractivity contribution in [2.24, 2.45) is 0 Å². The number of rotatable bonds is 2. The molecular formula is C14H10N2O2S. The van der Waals surface area contributed by atoms with E-state index in [2.05, 4.69) is 9.97 Å². The molecule has 0 aliphatic heterocycles. The molecule has 0 aliphatic rings. The van der Waals surface area contributed by atoms with Crippen molar-refractivity contribution in [2.45, 2.75) is 6.92 Å². The molecule has 0 amide bonds. The predicted octanol–water partition coefficient (Wildman–Crippen LogP) is 3.36. The molecule has 0 saturated carbocycles. The molecule has 0 fully saturated rings. The predicted molar refractivity (Wildman–Crippen MR) is 74.5 cm³/mol. The summed E-state index contributed by atoms with van der Waals surface area (Å²) in [6, 6.07) is 7.24. The van der Waals surface area contributed by atoms with Crippen LogP contribution in [0.4, 0.5) is 0 Å². The van der Waals surface area contributed by atoms with Crippen molar-refractivity contribution in [1.29, 1.82) is 0 Å². The lowest BCUT2D eigenvalue weighted by atomic mass is 10.1. The minimum atomic E-state index is -0.941. The number of hydrogen-bond acceptors (Lipinski definition) is 4. The third-order valence-electron chi connectivity index (χ3n) is 2.88. The van der Waals surface area contributed by atoms with Gasteiger partial charge in [0.2, 0.25) is 0 Å². The van der Waals surface area contributed by atoms with Gasteiger partial charge in [0.1, 0.15) is 0 Å². The lowest BCUT2D eigenvalue weighted by Gasteiger charge is -2.06. The Morgan fingerprint density at radius 3 is 2.84 bits per heavy atom. The summed E-state index contributed by atoms with van der Waals surface area (Å²) in [5.41, 5.74) is 4.33. The van der Waals surface area contributed by atoms with Crippen molar-refractivity contribution in [1.82, 2.24) is 9.97 Å². The number of fused-ring (bicyclic) bond motifs is 1. The second kappa shape index (κ2) is 4.44. The quantitative estimate of drug-likeness (QED) is 0.775. The van der Waals surface area contributed by atoms with Crippen molar-refractivity contribution < 1.29 is 9.90 Å². The van der Waals surface area contributed by atoms with E-state index < -0.39 is 5.97 Å². The summed E-state index contributed by atoms with van der Waals surface area (Å²) in [5.74, 6) is -0.941. The highest BCUT2D eigenvalue weighted by molar-refractivity contribution is 7.13. The van der Waals surface area contributed by atoms with Gasteiger partial charge >= 0.3 is 5.97 Å². The summed E-state index contributed by atoms with van der Waals surface area (Å²) in [4.78, 5) is 20.8. The molecular weight excluding hydrogens is 260 g/mol. The van der Waals surface area contributed by atoms with E-state index in [1.807, 2.05) is 25.1 Å². The first-order chi connectivity index (χ1) is 9.15. The van der Waals surface area contributed by atoms with Gasteiger partial charge in [0.25, 0.3) is 0 Å². The van der Waals surface area contributed by atoms with Crippen LogP contribution in [-0.4, -0.2) is 21.0 Å². The lowest BCUT2D eigenvalue weighted by Crippen LogP contribution is -2.00. The van der Waals surface area contributed by atoms with Crippen LogP contribution in [-0.2, 0) is 0 Å². The Morgan fingerprint density at radius 1 is 1.32 bits per heavy atom. The van der Waals surface area contributed by atoms with Crippen molar-refractivity contribution >= 4 is 28.2 Å². The number of benzene rings is 1. The van der Waals surface area contributed by atoms with Crippen molar-refractivity contribution in [3.8, 4) is 10.6 Å². The van der Waals surface area contributed by atoms with Crippen LogP contribution >= 0.6 is 11.3 Å². The Hall–Kier alpha value is -2.27. The molecule has 3 rings (SSSR count). The van der Waals surface area contributed by atoms with Crippen LogP contribution < -0.4 is 0 Å². The first kappa shape index (κ1) is 11.8. The molecule has 3 aromatic rings. The fourth-order valence-corrected chi connectivity index (χ4v) is 2.57. The Morgan fingerprint density at radius 2 is 2.16 bits per heavy atom. The zero-order valence-corrected chi connectivity index (χ0v) is 10.9. The van der Waals surface area contributed by atoms with Crippen LogP contribution in [0, 0.1) is 6.92 Å². The van der Waals surface area contributed by atoms with Crippen molar-refractivity contribution in [3.63, 3.8) is 0 Å². The standard InChI is InChI=1S/C14H10N2O2S/c1-8-2-3-11-9(4-8)10(14(17)18)5-12(16-11)13-6-15-7-19-13/h2-7H,1H3,(H,17,18). The Kier molecular flexibility index (Phi) is 2.76. The maximum Gasteiger partial charge on any atom is 0.336 e. The van der Waals surface area contributed by atoms with Gasteiger partial charge < -0.3 is 5.11 Å². The maximum atomic E-state index is 11.4. The molecule has 94 valence electrons. The Labute approximate surface area is 113 Å². The highest BCUT2D eigenvalue weighted by Crippen LogP contribution is 2.27. The molecule has 0 radical (unpaired) electrons. The van der Waals surface area contributed by atoms with E-state index in [0.717, 1.165) is 10.4 Å². The van der Waals surface area contributed by atoms with Gasteiger partial charge in [0.15, 0.2) is 0 Å². The highest BCUT2D eigenvalue weighted by atomic mass is 32.1. The summed E-state index contributed by atoms with van der Waals surface area (Å²) in [6.45, 7) is 1.93. The number of hydrogen-bond donors (Lipinski definition) is 1. The fraction of sp³-hybridized carbons (Fsp3) is 0.0714. The van der Waals surface area contributed by atoms with Gasteiger partial charge in [-0.2, -0.15) is 0 Å². The minimum Gasteiger partial charge on any atom is -0.478 e. The van der Waals surface area contributed by atoms with Gasteiger partial charge in [-0.3, -0.25) is 4.98 Å². The summed E-state index contributed by atoms with van der Waals surface area (Å²) in [7, 11) is 0. The maximum absolute atomic E-state index is 11.4. The monoisotopic (exact) mass is 270 g/mol. The summed E-state index contributed by atoms with van der Waals surface area (Å²) in [6.07, 6.45) is 1.69. The molecule has 0 atom stereocenters. The zero-order chi connectivity index (χ0) is 13.4. The van der Waals surface area contributed by atoms with Crippen LogP contribution in [0.3, 0.4) is 0 Å². The van der Waals surface area contributed by atoms with Gasteiger partial charge in [-0.25, -0.2) is 9.78 Å². The van der Waals surface area contributed by atoms with Gasteiger partial charge in [0.05, 0.1) is 27.2 Å². The average molecular weight is 270 g/mol. The summed E-state index contributed by atoms with van der Waals surface area (Å²) >= 11 is 1.44. The zero-order valence-electron chi connectivity index (χ0n) is 10.1. The van der Waals surface area contributed by atoms with Crippen LogP contribution in [0.15, 0.2) is 36.0 Å². The van der Waals surface area contributed by atoms with E-state index in [1.165, 1.54) is 11.3 Å². The first-order valence-electron chi connectivity index (χ1n) is 5.69. The van der Waals surface area contributed by atoms with Crippen LogP contribution in [0.25, 0.3) is 21.5 Å². The molecule has 19 heavy (non-hydrogen) atoms. The van der Waals surface area contributed by atoms with E-state index >= 15 is 0 Å². The Balaban J connectivity index is 2.34. The van der Waals surface area contributed by atoms with Crippen molar-refractivity contribution in [3.05, 3.63) is 47.1 Å². The summed E-state index contributed by atoms with van der Waals surface area (Å²) < 4.78 is 0. The third kappa shape index (κ3) is 2.08. The molecule has 0 aliphatic carbocycles. The number of aromatic nitrogens is 2. The number of carboxylic acids is 1. The molecule has 0 saturated heterocycles. The number of nitrogens with zero attached hydrogens (tertiary/aromatic N) is 2. The molecule has 2 heterocycles. The van der Waals surface area contributed by atoms with E-state index in [9.17, 15) is 9.90 Å². The van der Waals surface area contributed by atoms with Crippen LogP contribution in [0.1, 0.15) is 15.9 Å². The lowest BCUT2D eigenvalue weighted by molar-refractivity contribution is 0.0699. The number of aryl methyl sites for hydroxylation is 1. The molecule has 0 unspecified atom stereocenters. The summed E-state index contributed by atoms with van der Waals surface area (Å²) in [5, 5.41) is 10.0. The smallest absolute Gasteiger partial charge is 0.336 e. The second-order valence-electron chi connectivity index (χ2n) is 4.25. The number of pyridine rings is 1. The third-order valence-corrected chi connectivity index (χ3v) is 3.67. The molecule has 0 bridgehead atoms. The Bertz CT molecular complexity index is 766. The van der Waals surface area contributed by atoms with Gasteiger partial charge in [-0.05, 0) is 25.1 Å². The number of carboxylic acid groups (broad SMARTS) is 1. The molecule has 4 nitrogen and oxygen atoms in total. The first-order valence-corrected chi connectivity index (χ1v) is 6.56. The largest absolute Gasteiger partial charge is 0.478 e. The second-order valence-corrected chi connectivity index (χ2v) is 5.13. The SMILES string of the molecule is Cc1ccc2nc(-c3cncs3)cc(C(=O)O)c2c1. The molecule has 0 spiro atoms. The number of carbonyl (C=O) groups is 1. The van der Waals surface area contributed by atoms with Gasteiger partial charge in [-0.1, -0.05) is 11.6 Å². The molecule has 1 aromatic carbocycles. The highest BCUT2D eigenvalue weighted by Gasteiger charge is 2.13.